The van der Waals surface area contributed by atoms with Gasteiger partial charge in [0.2, 0.25) is 6.79 Å². The largest absolute Gasteiger partial charge is 0.454 e. The zero-order valence-corrected chi connectivity index (χ0v) is 11.0. The van der Waals surface area contributed by atoms with Crippen LogP contribution >= 0.6 is 0 Å². The van der Waals surface area contributed by atoms with Gasteiger partial charge < -0.3 is 9.47 Å². The van der Waals surface area contributed by atoms with Gasteiger partial charge in [-0.2, -0.15) is 0 Å². The zero-order valence-electron chi connectivity index (χ0n) is 11.0. The third-order valence-electron chi connectivity index (χ3n) is 3.48. The molecule has 0 saturated carbocycles. The van der Waals surface area contributed by atoms with Gasteiger partial charge in [0, 0.05) is 0 Å². The molecule has 2 heteroatoms. The maximum absolute atomic E-state index is 5.52. The van der Waals surface area contributed by atoms with E-state index in [2.05, 4.69) is 36.4 Å². The summed E-state index contributed by atoms with van der Waals surface area (Å²) in [6.45, 7) is 0.358. The van der Waals surface area contributed by atoms with Crippen molar-refractivity contribution < 1.29 is 9.47 Å². The zero-order chi connectivity index (χ0) is 12.9. The number of aryl methyl sites for hydroxylation is 2. The third kappa shape index (κ3) is 2.90. The molecule has 0 N–H and O–H groups in total. The molecule has 1 heterocycles. The van der Waals surface area contributed by atoms with Crippen molar-refractivity contribution in [3.05, 3.63) is 59.7 Å². The van der Waals surface area contributed by atoms with Crippen molar-refractivity contribution in [3.63, 3.8) is 0 Å². The number of benzene rings is 2. The molecule has 0 saturated heterocycles. The van der Waals surface area contributed by atoms with E-state index in [4.69, 9.17) is 9.47 Å². The lowest BCUT2D eigenvalue weighted by Crippen LogP contribution is -1.95. The molecule has 0 atom stereocenters. The van der Waals surface area contributed by atoms with Crippen LogP contribution in [0.5, 0.6) is 11.5 Å². The number of para-hydroxylation sites is 1. The van der Waals surface area contributed by atoms with E-state index in [-0.39, 0.29) is 0 Å². The molecule has 2 nitrogen and oxygen atoms in total. The Balaban J connectivity index is 1.52. The molecule has 0 aromatic heterocycles. The summed E-state index contributed by atoms with van der Waals surface area (Å²) in [6, 6.07) is 16.8. The van der Waals surface area contributed by atoms with Gasteiger partial charge in [-0.1, -0.05) is 42.5 Å². The minimum atomic E-state index is 0.358. The fraction of sp³-hybridized carbons (Fsp3) is 0.294. The highest BCUT2D eigenvalue weighted by Gasteiger charge is 2.16. The standard InChI is InChI=1S/C17H18O2/c1-2-7-14(8-3-1)9-4-5-10-15-11-6-12-16-17(15)19-13-18-16/h1-3,6-8,11-12H,4-5,9-10,13H2. The van der Waals surface area contributed by atoms with Crippen molar-refractivity contribution >= 4 is 0 Å². The first-order chi connectivity index (χ1) is 9.43. The first-order valence-corrected chi connectivity index (χ1v) is 6.85. The van der Waals surface area contributed by atoms with Gasteiger partial charge in [0.1, 0.15) is 0 Å². The Morgan fingerprint density at radius 2 is 1.63 bits per heavy atom. The summed E-state index contributed by atoms with van der Waals surface area (Å²) in [5.41, 5.74) is 2.68. The van der Waals surface area contributed by atoms with E-state index < -0.39 is 0 Å². The quantitative estimate of drug-likeness (QED) is 0.751. The highest BCUT2D eigenvalue weighted by atomic mass is 16.7. The average molecular weight is 254 g/mol. The van der Waals surface area contributed by atoms with Crippen LogP contribution in [0.1, 0.15) is 24.0 Å². The Morgan fingerprint density at radius 1 is 0.789 bits per heavy atom. The van der Waals surface area contributed by atoms with Crippen LogP contribution < -0.4 is 9.47 Å². The van der Waals surface area contributed by atoms with Crippen LogP contribution in [0, 0.1) is 0 Å². The van der Waals surface area contributed by atoms with Gasteiger partial charge >= 0.3 is 0 Å². The molecule has 2 aromatic rings. The lowest BCUT2D eigenvalue weighted by molar-refractivity contribution is 0.173. The Hall–Kier alpha value is -1.96. The first kappa shape index (κ1) is 12.1. The summed E-state index contributed by atoms with van der Waals surface area (Å²) in [5, 5.41) is 0. The summed E-state index contributed by atoms with van der Waals surface area (Å²) in [7, 11) is 0. The van der Waals surface area contributed by atoms with Crippen LogP contribution in [0.25, 0.3) is 0 Å². The Kier molecular flexibility index (Phi) is 3.68. The molecule has 0 spiro atoms. The maximum atomic E-state index is 5.52. The number of hydrogen-bond acceptors (Lipinski definition) is 2. The lowest BCUT2D eigenvalue weighted by Gasteiger charge is -2.05. The van der Waals surface area contributed by atoms with Crippen LogP contribution in [0.2, 0.25) is 0 Å². The SMILES string of the molecule is c1ccc(CCCCc2cccc3c2OCO3)cc1. The first-order valence-electron chi connectivity index (χ1n) is 6.85. The van der Waals surface area contributed by atoms with Gasteiger partial charge in [-0.05, 0) is 42.9 Å². The van der Waals surface area contributed by atoms with E-state index in [1.54, 1.807) is 0 Å². The highest BCUT2D eigenvalue weighted by Crippen LogP contribution is 2.35. The van der Waals surface area contributed by atoms with Crippen LogP contribution in [0.15, 0.2) is 48.5 Å². The van der Waals surface area contributed by atoms with E-state index in [0.29, 0.717) is 6.79 Å². The lowest BCUT2D eigenvalue weighted by atomic mass is 10.0. The van der Waals surface area contributed by atoms with E-state index in [0.717, 1.165) is 24.3 Å². The summed E-state index contributed by atoms with van der Waals surface area (Å²) < 4.78 is 10.9. The molecule has 0 radical (unpaired) electrons. The Bertz CT molecular complexity index is 534. The van der Waals surface area contributed by atoms with E-state index in [9.17, 15) is 0 Å². The summed E-state index contributed by atoms with van der Waals surface area (Å²) in [5.74, 6) is 1.84. The fourth-order valence-electron chi connectivity index (χ4n) is 2.48. The molecule has 1 aliphatic rings. The van der Waals surface area contributed by atoms with Crippen molar-refractivity contribution in [2.75, 3.05) is 6.79 Å². The van der Waals surface area contributed by atoms with Gasteiger partial charge in [0.05, 0.1) is 0 Å². The summed E-state index contributed by atoms with van der Waals surface area (Å²) in [6.07, 6.45) is 4.58. The van der Waals surface area contributed by atoms with Crippen LogP contribution in [0.4, 0.5) is 0 Å². The number of hydrogen-bond donors (Lipinski definition) is 0. The monoisotopic (exact) mass is 254 g/mol. The third-order valence-corrected chi connectivity index (χ3v) is 3.48. The van der Waals surface area contributed by atoms with Gasteiger partial charge in [-0.25, -0.2) is 0 Å². The van der Waals surface area contributed by atoms with Crippen LogP contribution in [-0.2, 0) is 12.8 Å². The average Bonchev–Trinajstić information content (AvgIpc) is 2.94. The Labute approximate surface area is 114 Å². The molecule has 1 aliphatic heterocycles. The molecular formula is C17H18O2. The smallest absolute Gasteiger partial charge is 0.231 e. The van der Waals surface area contributed by atoms with Crippen LogP contribution in [0.3, 0.4) is 0 Å². The number of unbranched alkanes of at least 4 members (excludes halogenated alkanes) is 1. The topological polar surface area (TPSA) is 18.5 Å². The fourth-order valence-corrected chi connectivity index (χ4v) is 2.48. The predicted octanol–water partition coefficient (Wildman–Crippen LogP) is 3.98. The second-order valence-electron chi connectivity index (χ2n) is 4.84. The van der Waals surface area contributed by atoms with Crippen molar-refractivity contribution in [2.24, 2.45) is 0 Å². The number of ether oxygens (including phenoxy) is 2. The second-order valence-corrected chi connectivity index (χ2v) is 4.84. The molecule has 2 aromatic carbocycles. The van der Waals surface area contributed by atoms with Crippen molar-refractivity contribution in [1.82, 2.24) is 0 Å². The van der Waals surface area contributed by atoms with E-state index in [1.165, 1.54) is 24.0 Å². The summed E-state index contributed by atoms with van der Waals surface area (Å²) in [4.78, 5) is 0. The normalized spacial score (nSPS) is 12.6. The molecule has 0 unspecified atom stereocenters. The molecule has 0 amide bonds. The van der Waals surface area contributed by atoms with E-state index >= 15 is 0 Å². The highest BCUT2D eigenvalue weighted by molar-refractivity contribution is 5.48. The second kappa shape index (κ2) is 5.79. The van der Waals surface area contributed by atoms with E-state index in [1.807, 2.05) is 12.1 Å². The van der Waals surface area contributed by atoms with Crippen molar-refractivity contribution in [2.45, 2.75) is 25.7 Å². The van der Waals surface area contributed by atoms with Gasteiger partial charge in [-0.3, -0.25) is 0 Å². The maximum Gasteiger partial charge on any atom is 0.231 e. The van der Waals surface area contributed by atoms with Crippen molar-refractivity contribution in [1.29, 1.82) is 0 Å². The van der Waals surface area contributed by atoms with Gasteiger partial charge in [0.15, 0.2) is 11.5 Å². The molecule has 3 rings (SSSR count). The van der Waals surface area contributed by atoms with Gasteiger partial charge in [0.25, 0.3) is 0 Å². The van der Waals surface area contributed by atoms with Crippen molar-refractivity contribution in [3.8, 4) is 11.5 Å². The molecule has 98 valence electrons. The molecule has 0 aliphatic carbocycles. The molecular weight excluding hydrogens is 236 g/mol. The number of rotatable bonds is 5. The predicted molar refractivity (Wildman–Crippen MR) is 75.6 cm³/mol. The Morgan fingerprint density at radius 3 is 2.53 bits per heavy atom. The van der Waals surface area contributed by atoms with Crippen LogP contribution in [-0.4, -0.2) is 6.79 Å². The minimum Gasteiger partial charge on any atom is -0.454 e. The minimum absolute atomic E-state index is 0.358. The number of fused-ring (bicyclic) bond motifs is 1. The molecule has 0 fully saturated rings. The molecule has 19 heavy (non-hydrogen) atoms. The van der Waals surface area contributed by atoms with Gasteiger partial charge in [-0.15, -0.1) is 0 Å². The summed E-state index contributed by atoms with van der Waals surface area (Å²) >= 11 is 0. The molecule has 0 bridgehead atoms.